The van der Waals surface area contributed by atoms with Crippen LogP contribution in [-0.2, 0) is 0 Å². The third kappa shape index (κ3) is 2.99. The molecule has 0 radical (unpaired) electrons. The predicted octanol–water partition coefficient (Wildman–Crippen LogP) is 3.89. The van der Waals surface area contributed by atoms with Gasteiger partial charge in [0.15, 0.2) is 0 Å². The third-order valence-electron chi connectivity index (χ3n) is 4.11. The number of carbonyl (C=O) groups is 1. The fourth-order valence-electron chi connectivity index (χ4n) is 3.04. The summed E-state index contributed by atoms with van der Waals surface area (Å²) in [5.74, 6) is 0.351. The van der Waals surface area contributed by atoms with Crippen LogP contribution < -0.4 is 4.74 Å². The zero-order chi connectivity index (χ0) is 14.8. The van der Waals surface area contributed by atoms with Gasteiger partial charge in [-0.25, -0.2) is 9.78 Å². The Bertz CT molecular complexity index is 668. The number of fused-ring (bicyclic) bond motifs is 1. The van der Waals surface area contributed by atoms with Gasteiger partial charge in [0.1, 0.15) is 6.10 Å². The second-order valence-corrected chi connectivity index (χ2v) is 5.84. The molecule has 3 rings (SSSR count). The number of pyridine rings is 1. The molecule has 4 heteroatoms. The van der Waals surface area contributed by atoms with Crippen LogP contribution in [0.5, 0.6) is 5.88 Å². The molecular weight excluding hydrogens is 266 g/mol. The number of hydrogen-bond donors (Lipinski definition) is 1. The molecule has 1 aliphatic carbocycles. The van der Waals surface area contributed by atoms with Gasteiger partial charge in [-0.15, -0.1) is 0 Å². The Labute approximate surface area is 123 Å². The van der Waals surface area contributed by atoms with Gasteiger partial charge in [-0.3, -0.25) is 0 Å². The SMILES string of the molecule is CC1CCCC(Oc2ccc3c(C(=O)O)cccc3n2)C1. The van der Waals surface area contributed by atoms with Crippen LogP contribution in [0.15, 0.2) is 30.3 Å². The minimum atomic E-state index is -0.933. The second-order valence-electron chi connectivity index (χ2n) is 5.84. The van der Waals surface area contributed by atoms with Crippen molar-refractivity contribution in [2.24, 2.45) is 5.92 Å². The highest BCUT2D eigenvalue weighted by Gasteiger charge is 2.20. The summed E-state index contributed by atoms with van der Waals surface area (Å²) in [4.78, 5) is 15.6. The predicted molar refractivity (Wildman–Crippen MR) is 80.8 cm³/mol. The highest BCUT2D eigenvalue weighted by molar-refractivity contribution is 6.02. The molecule has 0 spiro atoms. The molecular formula is C17H19NO3. The Balaban J connectivity index is 1.86. The highest BCUT2D eigenvalue weighted by atomic mass is 16.5. The summed E-state index contributed by atoms with van der Waals surface area (Å²) in [6.45, 7) is 2.25. The number of benzene rings is 1. The standard InChI is InChI=1S/C17H19NO3/c1-11-4-2-5-12(10-11)21-16-9-8-13-14(17(19)20)6-3-7-15(13)18-16/h3,6-9,11-12H,2,4-5,10H2,1H3,(H,19,20). The Kier molecular flexibility index (Phi) is 3.78. The van der Waals surface area contributed by atoms with E-state index in [2.05, 4.69) is 11.9 Å². The van der Waals surface area contributed by atoms with Crippen molar-refractivity contribution in [3.05, 3.63) is 35.9 Å². The summed E-state index contributed by atoms with van der Waals surface area (Å²) in [6, 6.07) is 8.68. The molecule has 0 bridgehead atoms. The molecule has 1 fully saturated rings. The normalized spacial score (nSPS) is 22.1. The van der Waals surface area contributed by atoms with Crippen LogP contribution in [0.3, 0.4) is 0 Å². The number of rotatable bonds is 3. The molecule has 0 aliphatic heterocycles. The van der Waals surface area contributed by atoms with Crippen molar-refractivity contribution in [2.45, 2.75) is 38.7 Å². The van der Waals surface area contributed by atoms with E-state index < -0.39 is 5.97 Å². The van der Waals surface area contributed by atoms with Crippen molar-refractivity contribution in [2.75, 3.05) is 0 Å². The van der Waals surface area contributed by atoms with E-state index in [0.717, 1.165) is 12.8 Å². The first-order valence-corrected chi connectivity index (χ1v) is 7.43. The van der Waals surface area contributed by atoms with E-state index in [9.17, 15) is 9.90 Å². The van der Waals surface area contributed by atoms with Crippen LogP contribution in [0, 0.1) is 5.92 Å². The first kappa shape index (κ1) is 13.9. The molecule has 0 amide bonds. The summed E-state index contributed by atoms with van der Waals surface area (Å²) in [5, 5.41) is 9.83. The number of carboxylic acid groups (broad SMARTS) is 1. The molecule has 2 aromatic rings. The molecule has 21 heavy (non-hydrogen) atoms. The minimum absolute atomic E-state index is 0.223. The van der Waals surface area contributed by atoms with Crippen LogP contribution in [0.2, 0.25) is 0 Å². The topological polar surface area (TPSA) is 59.4 Å². The van der Waals surface area contributed by atoms with E-state index in [4.69, 9.17) is 4.74 Å². The third-order valence-corrected chi connectivity index (χ3v) is 4.11. The zero-order valence-corrected chi connectivity index (χ0v) is 12.1. The smallest absolute Gasteiger partial charge is 0.336 e. The van der Waals surface area contributed by atoms with E-state index >= 15 is 0 Å². The molecule has 2 unspecified atom stereocenters. The van der Waals surface area contributed by atoms with Gasteiger partial charge < -0.3 is 9.84 Å². The lowest BCUT2D eigenvalue weighted by Crippen LogP contribution is -2.24. The summed E-state index contributed by atoms with van der Waals surface area (Å²) in [6.07, 6.45) is 4.82. The molecule has 1 heterocycles. The highest BCUT2D eigenvalue weighted by Crippen LogP contribution is 2.28. The van der Waals surface area contributed by atoms with Gasteiger partial charge in [0, 0.05) is 11.5 Å². The molecule has 1 saturated carbocycles. The van der Waals surface area contributed by atoms with E-state index in [0.29, 0.717) is 22.7 Å². The van der Waals surface area contributed by atoms with Crippen LogP contribution in [0.4, 0.5) is 0 Å². The van der Waals surface area contributed by atoms with Gasteiger partial charge in [0.2, 0.25) is 5.88 Å². The lowest BCUT2D eigenvalue weighted by Gasteiger charge is -2.26. The van der Waals surface area contributed by atoms with E-state index in [-0.39, 0.29) is 11.7 Å². The van der Waals surface area contributed by atoms with Crippen LogP contribution in [0.25, 0.3) is 10.9 Å². The molecule has 110 valence electrons. The maximum Gasteiger partial charge on any atom is 0.336 e. The van der Waals surface area contributed by atoms with Crippen molar-refractivity contribution < 1.29 is 14.6 Å². The van der Waals surface area contributed by atoms with Gasteiger partial charge in [0.25, 0.3) is 0 Å². The number of nitrogens with zero attached hydrogens (tertiary/aromatic N) is 1. The maximum atomic E-state index is 11.2. The van der Waals surface area contributed by atoms with E-state index in [1.807, 2.05) is 6.07 Å². The number of carboxylic acids is 1. The van der Waals surface area contributed by atoms with Gasteiger partial charge in [-0.2, -0.15) is 0 Å². The summed E-state index contributed by atoms with van der Waals surface area (Å²) >= 11 is 0. The minimum Gasteiger partial charge on any atom is -0.478 e. The zero-order valence-electron chi connectivity index (χ0n) is 12.1. The molecule has 1 aliphatic rings. The molecule has 4 nitrogen and oxygen atoms in total. The second kappa shape index (κ2) is 5.72. The maximum absolute atomic E-state index is 11.2. The number of ether oxygens (including phenoxy) is 1. The largest absolute Gasteiger partial charge is 0.478 e. The lowest BCUT2D eigenvalue weighted by molar-refractivity contribution is 0.0699. The summed E-state index contributed by atoms with van der Waals surface area (Å²) in [5.41, 5.74) is 0.939. The fraction of sp³-hybridized carbons (Fsp3) is 0.412. The number of aromatic carboxylic acids is 1. The van der Waals surface area contributed by atoms with E-state index in [1.54, 1.807) is 24.3 Å². The van der Waals surface area contributed by atoms with Crippen LogP contribution in [-0.4, -0.2) is 22.2 Å². The van der Waals surface area contributed by atoms with Gasteiger partial charge in [-0.05, 0) is 43.4 Å². The number of hydrogen-bond acceptors (Lipinski definition) is 3. The van der Waals surface area contributed by atoms with Crippen molar-refractivity contribution in [3.63, 3.8) is 0 Å². The lowest BCUT2D eigenvalue weighted by atomic mass is 9.89. The molecule has 2 atom stereocenters. The quantitative estimate of drug-likeness (QED) is 0.929. The van der Waals surface area contributed by atoms with Crippen molar-refractivity contribution in [3.8, 4) is 5.88 Å². The molecule has 1 aromatic carbocycles. The average Bonchev–Trinajstić information content (AvgIpc) is 2.46. The van der Waals surface area contributed by atoms with Gasteiger partial charge >= 0.3 is 5.97 Å². The Morgan fingerprint density at radius 2 is 2.14 bits per heavy atom. The van der Waals surface area contributed by atoms with Crippen molar-refractivity contribution in [1.82, 2.24) is 4.98 Å². The Morgan fingerprint density at radius 1 is 1.29 bits per heavy atom. The first-order chi connectivity index (χ1) is 10.1. The van der Waals surface area contributed by atoms with Crippen molar-refractivity contribution >= 4 is 16.9 Å². The summed E-state index contributed by atoms with van der Waals surface area (Å²) < 4.78 is 5.98. The average molecular weight is 285 g/mol. The Morgan fingerprint density at radius 3 is 2.90 bits per heavy atom. The molecule has 1 N–H and O–H groups in total. The van der Waals surface area contributed by atoms with Gasteiger partial charge in [-0.1, -0.05) is 19.4 Å². The summed E-state index contributed by atoms with van der Waals surface area (Å²) in [7, 11) is 0. The van der Waals surface area contributed by atoms with Crippen LogP contribution in [0.1, 0.15) is 43.0 Å². The van der Waals surface area contributed by atoms with Crippen molar-refractivity contribution in [1.29, 1.82) is 0 Å². The van der Waals surface area contributed by atoms with E-state index in [1.165, 1.54) is 12.8 Å². The monoisotopic (exact) mass is 285 g/mol. The van der Waals surface area contributed by atoms with Gasteiger partial charge in [0.05, 0.1) is 11.1 Å². The molecule has 0 saturated heterocycles. The first-order valence-electron chi connectivity index (χ1n) is 7.43. The molecule has 1 aromatic heterocycles. The fourth-order valence-corrected chi connectivity index (χ4v) is 3.04. The Hall–Kier alpha value is -2.10. The number of aromatic nitrogens is 1. The van der Waals surface area contributed by atoms with Crippen LogP contribution >= 0.6 is 0 Å².